The van der Waals surface area contributed by atoms with Crippen LogP contribution in [-0.2, 0) is 9.59 Å². The molecule has 1 aliphatic rings. The molecule has 0 aromatic heterocycles. The van der Waals surface area contributed by atoms with E-state index in [1.165, 1.54) is 31.0 Å². The van der Waals surface area contributed by atoms with Crippen molar-refractivity contribution < 1.29 is 19.1 Å². The minimum Gasteiger partial charge on any atom is -0.494 e. The first-order valence-corrected chi connectivity index (χ1v) is 11.9. The Bertz CT molecular complexity index is 675. The van der Waals surface area contributed by atoms with E-state index in [2.05, 4.69) is 17.8 Å². The summed E-state index contributed by atoms with van der Waals surface area (Å²) in [7, 11) is 0. The number of likely N-dealkylation sites (tertiary alicyclic amines) is 1. The predicted octanol–water partition coefficient (Wildman–Crippen LogP) is 3.15. The number of rotatable bonds is 11. The van der Waals surface area contributed by atoms with Gasteiger partial charge in [0.25, 0.3) is 5.91 Å². The van der Waals surface area contributed by atoms with Gasteiger partial charge in [0.1, 0.15) is 5.75 Å². The summed E-state index contributed by atoms with van der Waals surface area (Å²) in [5.41, 5.74) is 5.22. The standard InChI is InChI=1S/C22H33N3O4S/c1-2-3-4-8-15-29-19-11-9-18(10-12-19)22(28)24-23-20(26)16-30-17-21(27)25-13-6-5-7-14-25/h9-12H,2-8,13-17H2,1H3,(H,23,26)(H,24,28). The number of hydrazine groups is 1. The fraction of sp³-hybridized carbons (Fsp3) is 0.591. The molecule has 0 bridgehead atoms. The van der Waals surface area contributed by atoms with Gasteiger partial charge in [-0.1, -0.05) is 26.2 Å². The number of benzene rings is 1. The van der Waals surface area contributed by atoms with E-state index in [-0.39, 0.29) is 23.3 Å². The van der Waals surface area contributed by atoms with Crippen molar-refractivity contribution in [2.24, 2.45) is 0 Å². The van der Waals surface area contributed by atoms with Gasteiger partial charge in [-0.2, -0.15) is 0 Å². The number of ether oxygens (including phenoxy) is 1. The molecule has 1 saturated heterocycles. The molecule has 7 nitrogen and oxygen atoms in total. The maximum absolute atomic E-state index is 12.1. The van der Waals surface area contributed by atoms with Crippen LogP contribution in [0.3, 0.4) is 0 Å². The van der Waals surface area contributed by atoms with E-state index in [4.69, 9.17) is 4.74 Å². The summed E-state index contributed by atoms with van der Waals surface area (Å²) in [6, 6.07) is 6.82. The van der Waals surface area contributed by atoms with Crippen molar-refractivity contribution in [2.75, 3.05) is 31.2 Å². The Morgan fingerprint density at radius 1 is 0.967 bits per heavy atom. The van der Waals surface area contributed by atoms with Gasteiger partial charge in [0.05, 0.1) is 18.1 Å². The van der Waals surface area contributed by atoms with Crippen LogP contribution in [0.5, 0.6) is 5.75 Å². The Kier molecular flexibility index (Phi) is 11.1. The van der Waals surface area contributed by atoms with E-state index < -0.39 is 5.91 Å². The zero-order chi connectivity index (χ0) is 21.6. The summed E-state index contributed by atoms with van der Waals surface area (Å²) in [6.07, 6.45) is 7.85. The maximum atomic E-state index is 12.1. The molecule has 2 N–H and O–H groups in total. The molecule has 0 radical (unpaired) electrons. The van der Waals surface area contributed by atoms with Crippen LogP contribution in [0.4, 0.5) is 0 Å². The van der Waals surface area contributed by atoms with E-state index in [0.717, 1.165) is 44.5 Å². The molecule has 0 saturated carbocycles. The van der Waals surface area contributed by atoms with Crippen LogP contribution in [0.25, 0.3) is 0 Å². The van der Waals surface area contributed by atoms with Gasteiger partial charge >= 0.3 is 0 Å². The van der Waals surface area contributed by atoms with E-state index in [1.54, 1.807) is 24.3 Å². The highest BCUT2D eigenvalue weighted by Crippen LogP contribution is 2.13. The Labute approximate surface area is 183 Å². The molecule has 8 heteroatoms. The summed E-state index contributed by atoms with van der Waals surface area (Å²) in [6.45, 7) is 4.46. The molecule has 1 aliphatic heterocycles. The summed E-state index contributed by atoms with van der Waals surface area (Å²) in [5, 5.41) is 0. The number of hydrogen-bond donors (Lipinski definition) is 2. The van der Waals surface area contributed by atoms with E-state index in [0.29, 0.717) is 12.2 Å². The van der Waals surface area contributed by atoms with E-state index in [9.17, 15) is 14.4 Å². The average Bonchev–Trinajstić information content (AvgIpc) is 2.78. The highest BCUT2D eigenvalue weighted by Gasteiger charge is 2.16. The molecule has 2 rings (SSSR count). The first-order valence-electron chi connectivity index (χ1n) is 10.8. The molecule has 0 atom stereocenters. The molecule has 1 heterocycles. The van der Waals surface area contributed by atoms with Crippen molar-refractivity contribution in [1.29, 1.82) is 0 Å². The topological polar surface area (TPSA) is 87.7 Å². The molecule has 30 heavy (non-hydrogen) atoms. The van der Waals surface area contributed by atoms with Gasteiger partial charge in [0.15, 0.2) is 0 Å². The van der Waals surface area contributed by atoms with Gasteiger partial charge in [-0.3, -0.25) is 25.2 Å². The minimum atomic E-state index is -0.396. The van der Waals surface area contributed by atoms with Crippen molar-refractivity contribution in [3.63, 3.8) is 0 Å². The second-order valence-electron chi connectivity index (χ2n) is 7.37. The van der Waals surface area contributed by atoms with Crippen LogP contribution in [0.1, 0.15) is 62.2 Å². The van der Waals surface area contributed by atoms with Gasteiger partial charge in [0.2, 0.25) is 11.8 Å². The summed E-state index contributed by atoms with van der Waals surface area (Å²) in [4.78, 5) is 38.0. The maximum Gasteiger partial charge on any atom is 0.269 e. The van der Waals surface area contributed by atoms with Crippen molar-refractivity contribution in [2.45, 2.75) is 51.9 Å². The second-order valence-corrected chi connectivity index (χ2v) is 8.36. The van der Waals surface area contributed by atoms with Crippen molar-refractivity contribution in [3.8, 4) is 5.75 Å². The molecule has 1 fully saturated rings. The average molecular weight is 436 g/mol. The van der Waals surface area contributed by atoms with Crippen LogP contribution >= 0.6 is 11.8 Å². The molecule has 0 aliphatic carbocycles. The quantitative estimate of drug-likeness (QED) is 0.412. The van der Waals surface area contributed by atoms with Crippen LogP contribution in [-0.4, -0.2) is 53.8 Å². The third-order valence-electron chi connectivity index (χ3n) is 4.87. The van der Waals surface area contributed by atoms with Crippen molar-refractivity contribution >= 4 is 29.5 Å². The molecule has 166 valence electrons. The van der Waals surface area contributed by atoms with Crippen LogP contribution in [0.2, 0.25) is 0 Å². The number of nitrogens with one attached hydrogen (secondary N) is 2. The summed E-state index contributed by atoms with van der Waals surface area (Å²) >= 11 is 1.25. The highest BCUT2D eigenvalue weighted by atomic mass is 32.2. The van der Waals surface area contributed by atoms with Gasteiger partial charge in [-0.25, -0.2) is 0 Å². The molecule has 1 aromatic rings. The number of carbonyl (C=O) groups excluding carboxylic acids is 3. The number of nitrogens with zero attached hydrogens (tertiary/aromatic N) is 1. The minimum absolute atomic E-state index is 0.0733. The van der Waals surface area contributed by atoms with Gasteiger partial charge in [-0.15, -0.1) is 11.8 Å². The van der Waals surface area contributed by atoms with Crippen LogP contribution < -0.4 is 15.6 Å². The number of piperidine rings is 1. The molecule has 1 aromatic carbocycles. The predicted molar refractivity (Wildman–Crippen MR) is 119 cm³/mol. The Morgan fingerprint density at radius 3 is 2.40 bits per heavy atom. The fourth-order valence-corrected chi connectivity index (χ4v) is 3.84. The lowest BCUT2D eigenvalue weighted by Crippen LogP contribution is -2.42. The Hall–Kier alpha value is -2.22. The van der Waals surface area contributed by atoms with Gasteiger partial charge in [-0.05, 0) is 49.9 Å². The van der Waals surface area contributed by atoms with Crippen LogP contribution in [0.15, 0.2) is 24.3 Å². The molecule has 3 amide bonds. The first kappa shape index (κ1) is 24.1. The number of amides is 3. The van der Waals surface area contributed by atoms with Crippen molar-refractivity contribution in [1.82, 2.24) is 15.8 Å². The monoisotopic (exact) mass is 435 g/mol. The highest BCUT2D eigenvalue weighted by molar-refractivity contribution is 8.00. The molecular formula is C22H33N3O4S. The number of carbonyl (C=O) groups is 3. The zero-order valence-electron chi connectivity index (χ0n) is 17.8. The molecule has 0 unspecified atom stereocenters. The zero-order valence-corrected chi connectivity index (χ0v) is 18.6. The van der Waals surface area contributed by atoms with Crippen molar-refractivity contribution in [3.05, 3.63) is 29.8 Å². The third-order valence-corrected chi connectivity index (χ3v) is 5.78. The number of unbranched alkanes of at least 4 members (excludes halogenated alkanes) is 3. The van der Waals surface area contributed by atoms with Crippen LogP contribution in [0, 0.1) is 0 Å². The smallest absolute Gasteiger partial charge is 0.269 e. The lowest BCUT2D eigenvalue weighted by atomic mass is 10.1. The number of hydrogen-bond acceptors (Lipinski definition) is 5. The third kappa shape index (κ3) is 9.07. The summed E-state index contributed by atoms with van der Waals surface area (Å²) < 4.78 is 5.66. The van der Waals surface area contributed by atoms with Gasteiger partial charge < -0.3 is 9.64 Å². The molecular weight excluding hydrogens is 402 g/mol. The normalized spacial score (nSPS) is 13.6. The fourth-order valence-electron chi connectivity index (χ4n) is 3.12. The lowest BCUT2D eigenvalue weighted by molar-refractivity contribution is -0.129. The largest absolute Gasteiger partial charge is 0.494 e. The SMILES string of the molecule is CCCCCCOc1ccc(C(=O)NNC(=O)CSCC(=O)N2CCCCC2)cc1. The number of thioether (sulfide) groups is 1. The first-order chi connectivity index (χ1) is 14.6. The van der Waals surface area contributed by atoms with E-state index in [1.807, 2.05) is 4.90 Å². The van der Waals surface area contributed by atoms with E-state index >= 15 is 0 Å². The Morgan fingerprint density at radius 2 is 1.70 bits per heavy atom. The summed E-state index contributed by atoms with van der Waals surface area (Å²) in [5.74, 6) is 0.455. The second kappa shape index (κ2) is 13.9. The lowest BCUT2D eigenvalue weighted by Gasteiger charge is -2.26. The molecule has 0 spiro atoms. The Balaban J connectivity index is 1.60. The van der Waals surface area contributed by atoms with Gasteiger partial charge in [0, 0.05) is 18.7 Å².